The van der Waals surface area contributed by atoms with Gasteiger partial charge in [0.2, 0.25) is 0 Å². The van der Waals surface area contributed by atoms with Gasteiger partial charge in [0.05, 0.1) is 51.6 Å². The summed E-state index contributed by atoms with van der Waals surface area (Å²) >= 11 is 0. The number of carboxylic acids is 1. The number of aromatic carboxylic acids is 1. The van der Waals surface area contributed by atoms with Crippen LogP contribution >= 0.6 is 0 Å². The van der Waals surface area contributed by atoms with E-state index in [1.807, 2.05) is 31.9 Å². The van der Waals surface area contributed by atoms with Gasteiger partial charge in [-0.25, -0.2) is 4.79 Å². The Labute approximate surface area is 219 Å². The fourth-order valence-corrected chi connectivity index (χ4v) is 4.57. The molecule has 9 nitrogen and oxygen atoms in total. The standard InChI is InChI=1S/C28H38N2O7/c1-18(2)28(17-29,20-8-9-23(34-4)25(13-20)36-6)15-21(31)16-30(3)11-10-19-12-24(35-5)26(37-7)14-22(19)27(32)33/h8-9,12-14,18,21,31H,10-11,15-16H2,1-7H3,(H,32,33). The van der Waals surface area contributed by atoms with Crippen molar-refractivity contribution in [2.24, 2.45) is 5.92 Å². The summed E-state index contributed by atoms with van der Waals surface area (Å²) in [4.78, 5) is 13.7. The molecule has 2 atom stereocenters. The van der Waals surface area contributed by atoms with Crippen LogP contribution in [0.5, 0.6) is 23.0 Å². The lowest BCUT2D eigenvalue weighted by Gasteiger charge is -2.34. The number of nitrogens with zero attached hydrogens (tertiary/aromatic N) is 2. The summed E-state index contributed by atoms with van der Waals surface area (Å²) in [7, 11) is 7.91. The number of nitriles is 1. The summed E-state index contributed by atoms with van der Waals surface area (Å²) in [6, 6.07) is 11.0. The molecule has 2 unspecified atom stereocenters. The summed E-state index contributed by atoms with van der Waals surface area (Å²) < 4.78 is 21.3. The Morgan fingerprint density at radius 1 is 1.00 bits per heavy atom. The summed E-state index contributed by atoms with van der Waals surface area (Å²) in [6.07, 6.45) is -0.156. The Morgan fingerprint density at radius 3 is 2.08 bits per heavy atom. The van der Waals surface area contributed by atoms with Crippen molar-refractivity contribution < 1.29 is 34.0 Å². The van der Waals surface area contributed by atoms with Crippen molar-refractivity contribution in [3.63, 3.8) is 0 Å². The van der Waals surface area contributed by atoms with Gasteiger partial charge >= 0.3 is 5.97 Å². The van der Waals surface area contributed by atoms with E-state index in [0.717, 1.165) is 5.56 Å². The molecule has 0 fully saturated rings. The molecule has 0 saturated carbocycles. The average Bonchev–Trinajstić information content (AvgIpc) is 2.89. The molecule has 202 valence electrons. The topological polar surface area (TPSA) is 121 Å². The molecule has 0 spiro atoms. The van der Waals surface area contributed by atoms with E-state index in [1.165, 1.54) is 20.3 Å². The largest absolute Gasteiger partial charge is 0.493 e. The SMILES string of the molecule is COc1ccc(C(C#N)(CC(O)CN(C)CCc2cc(OC)c(OC)cc2C(=O)O)C(C)C)cc1OC. The van der Waals surface area contributed by atoms with Crippen molar-refractivity contribution in [3.05, 3.63) is 47.0 Å². The summed E-state index contributed by atoms with van der Waals surface area (Å²) in [6.45, 7) is 4.71. The third kappa shape index (κ3) is 6.85. The molecule has 0 radical (unpaired) electrons. The number of hydrogen-bond donors (Lipinski definition) is 2. The summed E-state index contributed by atoms with van der Waals surface area (Å²) in [5, 5.41) is 31.0. The van der Waals surface area contributed by atoms with E-state index in [2.05, 4.69) is 6.07 Å². The van der Waals surface area contributed by atoms with Crippen LogP contribution in [0.1, 0.15) is 41.8 Å². The van der Waals surface area contributed by atoms with Crippen LogP contribution in [-0.2, 0) is 11.8 Å². The van der Waals surface area contributed by atoms with Gasteiger partial charge < -0.3 is 34.1 Å². The molecule has 0 bridgehead atoms. The highest BCUT2D eigenvalue weighted by molar-refractivity contribution is 5.90. The summed E-state index contributed by atoms with van der Waals surface area (Å²) in [5.41, 5.74) is 0.550. The van der Waals surface area contributed by atoms with Gasteiger partial charge in [0.15, 0.2) is 23.0 Å². The zero-order valence-corrected chi connectivity index (χ0v) is 22.7. The van der Waals surface area contributed by atoms with Crippen LogP contribution in [0.4, 0.5) is 0 Å². The van der Waals surface area contributed by atoms with Crippen molar-refractivity contribution in [3.8, 4) is 29.1 Å². The maximum atomic E-state index is 11.8. The van der Waals surface area contributed by atoms with Gasteiger partial charge in [-0.15, -0.1) is 0 Å². The molecule has 2 aromatic rings. The molecule has 2 rings (SSSR count). The van der Waals surface area contributed by atoms with Gasteiger partial charge in [-0.1, -0.05) is 19.9 Å². The van der Waals surface area contributed by atoms with Crippen LogP contribution < -0.4 is 18.9 Å². The van der Waals surface area contributed by atoms with Crippen LogP contribution in [0.3, 0.4) is 0 Å². The van der Waals surface area contributed by atoms with E-state index in [0.29, 0.717) is 48.1 Å². The van der Waals surface area contributed by atoms with E-state index in [4.69, 9.17) is 18.9 Å². The van der Waals surface area contributed by atoms with Gasteiger partial charge in [0.1, 0.15) is 0 Å². The molecule has 9 heteroatoms. The van der Waals surface area contributed by atoms with Gasteiger partial charge in [-0.2, -0.15) is 5.26 Å². The van der Waals surface area contributed by atoms with Crippen molar-refractivity contribution in [2.45, 2.75) is 38.2 Å². The van der Waals surface area contributed by atoms with Crippen LogP contribution in [0.2, 0.25) is 0 Å². The van der Waals surface area contributed by atoms with E-state index in [9.17, 15) is 20.3 Å². The second-order valence-corrected chi connectivity index (χ2v) is 9.35. The second-order valence-electron chi connectivity index (χ2n) is 9.35. The molecule has 37 heavy (non-hydrogen) atoms. The molecule has 2 aromatic carbocycles. The van der Waals surface area contributed by atoms with Crippen LogP contribution in [-0.4, -0.2) is 75.8 Å². The second kappa shape index (κ2) is 13.2. The first kappa shape index (κ1) is 29.7. The fourth-order valence-electron chi connectivity index (χ4n) is 4.57. The number of carboxylic acid groups (broad SMARTS) is 1. The zero-order chi connectivity index (χ0) is 27.8. The number of likely N-dealkylation sites (N-methyl/N-ethyl adjacent to an activating group) is 1. The number of benzene rings is 2. The third-order valence-corrected chi connectivity index (χ3v) is 6.77. The lowest BCUT2D eigenvalue weighted by Crippen LogP contribution is -2.39. The highest BCUT2D eigenvalue weighted by Gasteiger charge is 2.39. The Balaban J connectivity index is 2.19. The lowest BCUT2D eigenvalue weighted by molar-refractivity contribution is 0.0694. The number of ether oxygens (including phenoxy) is 4. The number of hydrogen-bond acceptors (Lipinski definition) is 8. The first-order valence-corrected chi connectivity index (χ1v) is 12.0. The van der Waals surface area contributed by atoms with Crippen molar-refractivity contribution >= 4 is 5.97 Å². The molecule has 0 aliphatic carbocycles. The highest BCUT2D eigenvalue weighted by Crippen LogP contribution is 2.40. The molecule has 0 heterocycles. The number of methoxy groups -OCH3 is 4. The first-order chi connectivity index (χ1) is 17.6. The van der Waals surface area contributed by atoms with E-state index in [1.54, 1.807) is 32.4 Å². The molecule has 0 aromatic heterocycles. The normalized spacial score (nSPS) is 13.5. The number of aliphatic hydroxyl groups is 1. The van der Waals surface area contributed by atoms with Gasteiger partial charge in [-0.3, -0.25) is 0 Å². The third-order valence-electron chi connectivity index (χ3n) is 6.77. The molecular weight excluding hydrogens is 476 g/mol. The highest BCUT2D eigenvalue weighted by atomic mass is 16.5. The first-order valence-electron chi connectivity index (χ1n) is 12.0. The number of carbonyl (C=O) groups is 1. The molecule has 0 aliphatic rings. The minimum atomic E-state index is -1.05. The molecule has 0 saturated heterocycles. The summed E-state index contributed by atoms with van der Waals surface area (Å²) in [5.74, 6) is 0.763. The number of aliphatic hydroxyl groups excluding tert-OH is 1. The molecule has 0 aliphatic heterocycles. The van der Waals surface area contributed by atoms with Crippen LogP contribution in [0.25, 0.3) is 0 Å². The van der Waals surface area contributed by atoms with E-state index >= 15 is 0 Å². The van der Waals surface area contributed by atoms with Crippen LogP contribution in [0, 0.1) is 17.2 Å². The number of rotatable bonds is 14. The minimum absolute atomic E-state index is 0.0829. The predicted molar refractivity (Wildman–Crippen MR) is 140 cm³/mol. The van der Waals surface area contributed by atoms with Gasteiger partial charge in [0, 0.05) is 13.1 Å². The smallest absolute Gasteiger partial charge is 0.336 e. The maximum Gasteiger partial charge on any atom is 0.336 e. The zero-order valence-electron chi connectivity index (χ0n) is 22.7. The Bertz CT molecular complexity index is 1110. The Morgan fingerprint density at radius 2 is 1.57 bits per heavy atom. The average molecular weight is 515 g/mol. The molecular formula is C28H38N2O7. The Kier molecular flexibility index (Phi) is 10.6. The monoisotopic (exact) mass is 514 g/mol. The quantitative estimate of drug-likeness (QED) is 0.388. The Hall–Kier alpha value is -3.48. The van der Waals surface area contributed by atoms with E-state index < -0.39 is 17.5 Å². The van der Waals surface area contributed by atoms with Crippen molar-refractivity contribution in [2.75, 3.05) is 48.6 Å². The maximum absolute atomic E-state index is 11.8. The molecule has 2 N–H and O–H groups in total. The van der Waals surface area contributed by atoms with E-state index in [-0.39, 0.29) is 17.9 Å². The van der Waals surface area contributed by atoms with Gasteiger partial charge in [0.25, 0.3) is 0 Å². The predicted octanol–water partition coefficient (Wildman–Crippen LogP) is 3.76. The fraction of sp³-hybridized carbons (Fsp3) is 0.500. The lowest BCUT2D eigenvalue weighted by atomic mass is 9.69. The van der Waals surface area contributed by atoms with Crippen molar-refractivity contribution in [1.82, 2.24) is 4.90 Å². The van der Waals surface area contributed by atoms with Crippen molar-refractivity contribution in [1.29, 1.82) is 5.26 Å². The van der Waals surface area contributed by atoms with Crippen LogP contribution in [0.15, 0.2) is 30.3 Å². The minimum Gasteiger partial charge on any atom is -0.493 e. The van der Waals surface area contributed by atoms with Gasteiger partial charge in [-0.05, 0) is 61.2 Å². The molecule has 0 amide bonds.